The normalized spacial score (nSPS) is 15.3. The predicted octanol–water partition coefficient (Wildman–Crippen LogP) is 4.08. The fourth-order valence-electron chi connectivity index (χ4n) is 3.76. The molecule has 3 aromatic rings. The van der Waals surface area contributed by atoms with Gasteiger partial charge in [-0.05, 0) is 53.9 Å². The van der Waals surface area contributed by atoms with Gasteiger partial charge in [0.2, 0.25) is 0 Å². The largest absolute Gasteiger partial charge is 0.497 e. The molecule has 0 bridgehead atoms. The molecule has 0 saturated carbocycles. The zero-order chi connectivity index (χ0) is 20.8. The van der Waals surface area contributed by atoms with Crippen molar-refractivity contribution >= 4 is 5.69 Å². The summed E-state index contributed by atoms with van der Waals surface area (Å²) in [6, 6.07) is 24.7. The van der Waals surface area contributed by atoms with Crippen LogP contribution in [-0.4, -0.2) is 38.1 Å². The predicted molar refractivity (Wildman–Crippen MR) is 118 cm³/mol. The average Bonchev–Trinajstić information content (AvgIpc) is 2.80. The highest BCUT2D eigenvalue weighted by molar-refractivity contribution is 5.61. The van der Waals surface area contributed by atoms with Crippen LogP contribution in [0.1, 0.15) is 11.1 Å². The zero-order valence-corrected chi connectivity index (χ0v) is 17.2. The number of fused-ring (bicyclic) bond motifs is 1. The van der Waals surface area contributed by atoms with Gasteiger partial charge in [-0.1, -0.05) is 36.4 Å². The molecule has 4 rings (SSSR count). The molecule has 1 aliphatic rings. The Morgan fingerprint density at radius 3 is 2.37 bits per heavy atom. The average molecular weight is 405 g/mol. The lowest BCUT2D eigenvalue weighted by molar-refractivity contribution is 0.201. The van der Waals surface area contributed by atoms with Gasteiger partial charge in [-0.15, -0.1) is 0 Å². The molecular formula is C25H27NO4. The summed E-state index contributed by atoms with van der Waals surface area (Å²) < 4.78 is 16.8. The molecular weight excluding hydrogens is 378 g/mol. The first-order valence-electron chi connectivity index (χ1n) is 10.2. The van der Waals surface area contributed by atoms with E-state index in [-0.39, 0.29) is 12.6 Å². The van der Waals surface area contributed by atoms with Crippen LogP contribution in [0.25, 0.3) is 0 Å². The zero-order valence-electron chi connectivity index (χ0n) is 17.2. The molecule has 0 aromatic heterocycles. The highest BCUT2D eigenvalue weighted by Gasteiger charge is 2.27. The highest BCUT2D eigenvalue weighted by atomic mass is 16.5. The highest BCUT2D eigenvalue weighted by Crippen LogP contribution is 2.35. The molecule has 5 nitrogen and oxygen atoms in total. The number of benzene rings is 3. The maximum absolute atomic E-state index is 8.92. The first-order chi connectivity index (χ1) is 14.8. The van der Waals surface area contributed by atoms with E-state index in [1.165, 1.54) is 11.1 Å². The minimum atomic E-state index is 0.0132. The van der Waals surface area contributed by atoms with Crippen LogP contribution in [-0.2, 0) is 13.0 Å². The number of aliphatic hydroxyl groups is 1. The van der Waals surface area contributed by atoms with Gasteiger partial charge in [0.1, 0.15) is 30.5 Å². The van der Waals surface area contributed by atoms with Crippen molar-refractivity contribution in [3.05, 3.63) is 83.9 Å². The van der Waals surface area contributed by atoms with Crippen molar-refractivity contribution in [1.29, 1.82) is 0 Å². The molecule has 1 N–H and O–H groups in total. The molecule has 0 saturated heterocycles. The number of anilines is 1. The third kappa shape index (κ3) is 4.69. The van der Waals surface area contributed by atoms with E-state index in [0.717, 1.165) is 35.9 Å². The van der Waals surface area contributed by atoms with Crippen LogP contribution in [0, 0.1) is 0 Å². The van der Waals surface area contributed by atoms with Crippen LogP contribution in [0.3, 0.4) is 0 Å². The van der Waals surface area contributed by atoms with Crippen molar-refractivity contribution in [2.75, 3.05) is 31.8 Å². The van der Waals surface area contributed by atoms with Crippen LogP contribution in [0.2, 0.25) is 0 Å². The van der Waals surface area contributed by atoms with Crippen LogP contribution in [0.4, 0.5) is 5.69 Å². The maximum Gasteiger partial charge on any atom is 0.142 e. The Kier molecular flexibility index (Phi) is 6.40. The Labute approximate surface area is 177 Å². The SMILES string of the molecule is COc1ccc(C[C@H]2COc3ccccc3N2Cc2ccc(OCCO)cc2)cc1. The lowest BCUT2D eigenvalue weighted by atomic mass is 10.0. The smallest absolute Gasteiger partial charge is 0.142 e. The molecule has 0 amide bonds. The summed E-state index contributed by atoms with van der Waals surface area (Å²) in [5.74, 6) is 2.56. The second-order valence-electron chi connectivity index (χ2n) is 7.33. The second-order valence-corrected chi connectivity index (χ2v) is 7.33. The number of ether oxygens (including phenoxy) is 3. The van der Waals surface area contributed by atoms with Crippen molar-refractivity contribution in [3.8, 4) is 17.2 Å². The topological polar surface area (TPSA) is 51.2 Å². The van der Waals surface area contributed by atoms with Gasteiger partial charge in [-0.25, -0.2) is 0 Å². The third-order valence-electron chi connectivity index (χ3n) is 5.31. The van der Waals surface area contributed by atoms with Crippen molar-refractivity contribution in [2.45, 2.75) is 19.0 Å². The van der Waals surface area contributed by atoms with E-state index in [1.54, 1.807) is 7.11 Å². The van der Waals surface area contributed by atoms with Gasteiger partial charge >= 0.3 is 0 Å². The first kappa shape index (κ1) is 20.1. The van der Waals surface area contributed by atoms with Gasteiger partial charge in [0.05, 0.1) is 25.4 Å². The molecule has 30 heavy (non-hydrogen) atoms. The summed E-state index contributed by atoms with van der Waals surface area (Å²) in [5, 5.41) is 8.92. The van der Waals surface area contributed by atoms with Gasteiger partial charge in [-0.2, -0.15) is 0 Å². The monoisotopic (exact) mass is 405 g/mol. The van der Waals surface area contributed by atoms with Crippen LogP contribution < -0.4 is 19.1 Å². The number of para-hydroxylation sites is 2. The fourth-order valence-corrected chi connectivity index (χ4v) is 3.76. The molecule has 0 fully saturated rings. The van der Waals surface area contributed by atoms with Crippen LogP contribution >= 0.6 is 0 Å². The van der Waals surface area contributed by atoms with Gasteiger partial charge in [-0.3, -0.25) is 0 Å². The van der Waals surface area contributed by atoms with Gasteiger partial charge in [0, 0.05) is 6.54 Å². The Bertz CT molecular complexity index is 940. The Morgan fingerprint density at radius 2 is 1.63 bits per heavy atom. The summed E-state index contributed by atoms with van der Waals surface area (Å²) in [5.41, 5.74) is 3.56. The van der Waals surface area contributed by atoms with Gasteiger partial charge in [0.25, 0.3) is 0 Å². The molecule has 1 heterocycles. The fraction of sp³-hybridized carbons (Fsp3) is 0.280. The van der Waals surface area contributed by atoms with E-state index in [9.17, 15) is 0 Å². The minimum Gasteiger partial charge on any atom is -0.497 e. The lowest BCUT2D eigenvalue weighted by Gasteiger charge is -2.39. The summed E-state index contributed by atoms with van der Waals surface area (Å²) >= 11 is 0. The Morgan fingerprint density at radius 1 is 0.933 bits per heavy atom. The molecule has 3 aromatic carbocycles. The number of nitrogens with zero attached hydrogens (tertiary/aromatic N) is 1. The van der Waals surface area contributed by atoms with Crippen LogP contribution in [0.15, 0.2) is 72.8 Å². The molecule has 1 atom stereocenters. The number of methoxy groups -OCH3 is 1. The van der Waals surface area contributed by atoms with E-state index in [4.69, 9.17) is 19.3 Å². The minimum absolute atomic E-state index is 0.0132. The number of hydrogen-bond acceptors (Lipinski definition) is 5. The number of hydrogen-bond donors (Lipinski definition) is 1. The van der Waals surface area contributed by atoms with Gasteiger partial charge in [0.15, 0.2) is 0 Å². The first-order valence-corrected chi connectivity index (χ1v) is 10.2. The molecule has 5 heteroatoms. The molecule has 0 radical (unpaired) electrons. The van der Waals surface area contributed by atoms with E-state index in [1.807, 2.05) is 36.4 Å². The lowest BCUT2D eigenvalue weighted by Crippen LogP contribution is -2.44. The van der Waals surface area contributed by atoms with Crippen molar-refractivity contribution in [1.82, 2.24) is 0 Å². The van der Waals surface area contributed by atoms with Crippen LogP contribution in [0.5, 0.6) is 17.2 Å². The van der Waals surface area contributed by atoms with Crippen molar-refractivity contribution in [2.24, 2.45) is 0 Å². The van der Waals surface area contributed by atoms with E-state index in [2.05, 4.69) is 41.3 Å². The Balaban J connectivity index is 1.55. The van der Waals surface area contributed by atoms with E-state index >= 15 is 0 Å². The van der Waals surface area contributed by atoms with Crippen molar-refractivity contribution in [3.63, 3.8) is 0 Å². The number of rotatable bonds is 8. The molecule has 0 aliphatic carbocycles. The Hall–Kier alpha value is -3.18. The second kappa shape index (κ2) is 9.55. The van der Waals surface area contributed by atoms with E-state index in [0.29, 0.717) is 13.2 Å². The summed E-state index contributed by atoms with van der Waals surface area (Å²) in [6.45, 7) is 1.74. The molecule has 156 valence electrons. The summed E-state index contributed by atoms with van der Waals surface area (Å²) in [7, 11) is 1.68. The van der Waals surface area contributed by atoms with E-state index < -0.39 is 0 Å². The summed E-state index contributed by atoms with van der Waals surface area (Å²) in [6.07, 6.45) is 0.885. The quantitative estimate of drug-likeness (QED) is 0.612. The van der Waals surface area contributed by atoms with Gasteiger partial charge < -0.3 is 24.2 Å². The maximum atomic E-state index is 8.92. The van der Waals surface area contributed by atoms with Crippen molar-refractivity contribution < 1.29 is 19.3 Å². The third-order valence-corrected chi connectivity index (χ3v) is 5.31. The summed E-state index contributed by atoms with van der Waals surface area (Å²) in [4.78, 5) is 2.42. The standard InChI is InChI=1S/C25H27NO4/c1-28-22-10-6-19(7-11-22)16-21-18-30-25-5-3-2-4-24(25)26(21)17-20-8-12-23(13-9-20)29-15-14-27/h2-13,21,27H,14-18H2,1H3/t21-/m0/s1. The number of aliphatic hydroxyl groups excluding tert-OH is 1. The molecule has 0 unspecified atom stereocenters. The molecule has 0 spiro atoms. The molecule has 1 aliphatic heterocycles.